The fourth-order valence-corrected chi connectivity index (χ4v) is 2.46. The van der Waals surface area contributed by atoms with E-state index in [1.807, 2.05) is 24.0 Å². The molecule has 0 atom stereocenters. The van der Waals surface area contributed by atoms with E-state index in [0.717, 1.165) is 18.4 Å². The molecule has 0 saturated carbocycles. The van der Waals surface area contributed by atoms with Crippen molar-refractivity contribution < 1.29 is 4.79 Å². The molecule has 1 fully saturated rings. The van der Waals surface area contributed by atoms with E-state index in [0.29, 0.717) is 23.8 Å². The zero-order chi connectivity index (χ0) is 13.1. The summed E-state index contributed by atoms with van der Waals surface area (Å²) in [5.41, 5.74) is 7.10. The van der Waals surface area contributed by atoms with Gasteiger partial charge >= 0.3 is 0 Å². The zero-order valence-corrected chi connectivity index (χ0v) is 11.2. The molecule has 1 amide bonds. The van der Waals surface area contributed by atoms with Gasteiger partial charge in [0.15, 0.2) is 0 Å². The minimum atomic E-state index is 0.00879. The SMILES string of the molecule is Cc1cccnc1C(=O)N1CCC(C(N)=S)CC1. The second-order valence-electron chi connectivity index (χ2n) is 4.64. The molecular formula is C13H17N3OS. The van der Waals surface area contributed by atoms with Gasteiger partial charge in [0, 0.05) is 25.2 Å². The van der Waals surface area contributed by atoms with E-state index >= 15 is 0 Å². The summed E-state index contributed by atoms with van der Waals surface area (Å²) in [5, 5.41) is 0. The number of amides is 1. The number of nitrogens with two attached hydrogens (primary N) is 1. The molecule has 4 nitrogen and oxygen atoms in total. The Hall–Kier alpha value is -1.49. The predicted molar refractivity (Wildman–Crippen MR) is 74.4 cm³/mol. The van der Waals surface area contributed by atoms with Crippen molar-refractivity contribution in [3.8, 4) is 0 Å². The first-order valence-corrected chi connectivity index (χ1v) is 6.50. The molecule has 0 radical (unpaired) electrons. The molecule has 1 aliphatic heterocycles. The maximum absolute atomic E-state index is 12.3. The second-order valence-corrected chi connectivity index (χ2v) is 5.11. The molecule has 0 spiro atoms. The smallest absolute Gasteiger partial charge is 0.272 e. The third kappa shape index (κ3) is 2.67. The van der Waals surface area contributed by atoms with Crippen LogP contribution < -0.4 is 5.73 Å². The number of hydrogen-bond acceptors (Lipinski definition) is 3. The Balaban J connectivity index is 2.04. The molecule has 0 unspecified atom stereocenters. The van der Waals surface area contributed by atoms with Crippen LogP contribution in [0, 0.1) is 12.8 Å². The molecule has 0 aromatic carbocycles. The summed E-state index contributed by atoms with van der Waals surface area (Å²) in [6, 6.07) is 3.74. The molecule has 1 saturated heterocycles. The molecule has 2 heterocycles. The minimum Gasteiger partial charge on any atom is -0.393 e. The highest BCUT2D eigenvalue weighted by Crippen LogP contribution is 2.19. The van der Waals surface area contributed by atoms with Gasteiger partial charge in [0.1, 0.15) is 5.69 Å². The number of pyridine rings is 1. The van der Waals surface area contributed by atoms with Gasteiger partial charge in [-0.15, -0.1) is 0 Å². The van der Waals surface area contributed by atoms with Crippen molar-refractivity contribution in [2.24, 2.45) is 11.7 Å². The monoisotopic (exact) mass is 263 g/mol. The first-order valence-electron chi connectivity index (χ1n) is 6.10. The van der Waals surface area contributed by atoms with Gasteiger partial charge in [0.05, 0.1) is 4.99 Å². The van der Waals surface area contributed by atoms with Crippen molar-refractivity contribution in [1.82, 2.24) is 9.88 Å². The van der Waals surface area contributed by atoms with Crippen LogP contribution in [0.15, 0.2) is 18.3 Å². The maximum Gasteiger partial charge on any atom is 0.272 e. The summed E-state index contributed by atoms with van der Waals surface area (Å²) >= 11 is 5.00. The Morgan fingerprint density at radius 1 is 1.50 bits per heavy atom. The van der Waals surface area contributed by atoms with E-state index in [-0.39, 0.29) is 11.8 Å². The molecule has 1 aromatic rings. The highest BCUT2D eigenvalue weighted by Gasteiger charge is 2.26. The number of aromatic nitrogens is 1. The molecular weight excluding hydrogens is 246 g/mol. The minimum absolute atomic E-state index is 0.00879. The summed E-state index contributed by atoms with van der Waals surface area (Å²) in [6.45, 7) is 3.32. The average molecular weight is 263 g/mol. The van der Waals surface area contributed by atoms with Gasteiger partial charge in [-0.05, 0) is 31.4 Å². The Bertz CT molecular complexity index is 467. The third-order valence-corrected chi connectivity index (χ3v) is 3.73. The topological polar surface area (TPSA) is 59.2 Å². The fourth-order valence-electron chi connectivity index (χ4n) is 2.23. The fraction of sp³-hybridized carbons (Fsp3) is 0.462. The standard InChI is InChI=1S/C13H17N3OS/c1-9-3-2-6-15-11(9)13(17)16-7-4-10(5-8-16)12(14)18/h2-3,6,10H,4-5,7-8H2,1H3,(H2,14,18). The Kier molecular flexibility index (Phi) is 3.91. The molecule has 5 heteroatoms. The van der Waals surface area contributed by atoms with E-state index in [1.165, 1.54) is 0 Å². The largest absolute Gasteiger partial charge is 0.393 e. The summed E-state index contributed by atoms with van der Waals surface area (Å²) in [7, 11) is 0. The van der Waals surface area contributed by atoms with Crippen LogP contribution in [0.4, 0.5) is 0 Å². The van der Waals surface area contributed by atoms with Crippen LogP contribution in [0.2, 0.25) is 0 Å². The lowest BCUT2D eigenvalue weighted by molar-refractivity contribution is 0.0703. The van der Waals surface area contributed by atoms with Crippen LogP contribution in [0.5, 0.6) is 0 Å². The quantitative estimate of drug-likeness (QED) is 0.822. The van der Waals surface area contributed by atoms with E-state index in [2.05, 4.69) is 4.98 Å². The van der Waals surface area contributed by atoms with E-state index in [4.69, 9.17) is 18.0 Å². The van der Waals surface area contributed by atoms with Gasteiger partial charge in [-0.2, -0.15) is 0 Å². The molecule has 0 bridgehead atoms. The van der Waals surface area contributed by atoms with Crippen molar-refractivity contribution in [2.45, 2.75) is 19.8 Å². The van der Waals surface area contributed by atoms with Gasteiger partial charge in [-0.3, -0.25) is 9.78 Å². The molecule has 18 heavy (non-hydrogen) atoms. The predicted octanol–water partition coefficient (Wildman–Crippen LogP) is 1.53. The molecule has 0 aliphatic carbocycles. The lowest BCUT2D eigenvalue weighted by Gasteiger charge is -2.31. The van der Waals surface area contributed by atoms with Crippen LogP contribution in [-0.4, -0.2) is 33.9 Å². The Morgan fingerprint density at radius 3 is 2.72 bits per heavy atom. The first-order chi connectivity index (χ1) is 8.59. The van der Waals surface area contributed by atoms with E-state index < -0.39 is 0 Å². The van der Waals surface area contributed by atoms with Crippen LogP contribution in [0.1, 0.15) is 28.9 Å². The number of likely N-dealkylation sites (tertiary alicyclic amines) is 1. The van der Waals surface area contributed by atoms with E-state index in [9.17, 15) is 4.79 Å². The van der Waals surface area contributed by atoms with Gasteiger partial charge in [-0.1, -0.05) is 18.3 Å². The molecule has 1 aromatic heterocycles. The number of aryl methyl sites for hydroxylation is 1. The number of carbonyl (C=O) groups excluding carboxylic acids is 1. The zero-order valence-electron chi connectivity index (χ0n) is 10.4. The van der Waals surface area contributed by atoms with Crippen molar-refractivity contribution in [2.75, 3.05) is 13.1 Å². The van der Waals surface area contributed by atoms with Crippen LogP contribution in [0.3, 0.4) is 0 Å². The van der Waals surface area contributed by atoms with Crippen molar-refractivity contribution >= 4 is 23.1 Å². The number of carbonyl (C=O) groups is 1. The number of piperidine rings is 1. The summed E-state index contributed by atoms with van der Waals surface area (Å²) in [6.07, 6.45) is 3.36. The van der Waals surface area contributed by atoms with E-state index in [1.54, 1.807) is 6.20 Å². The maximum atomic E-state index is 12.3. The van der Waals surface area contributed by atoms with Crippen LogP contribution in [-0.2, 0) is 0 Å². The summed E-state index contributed by atoms with van der Waals surface area (Å²) in [5.74, 6) is 0.281. The lowest BCUT2D eigenvalue weighted by Crippen LogP contribution is -2.41. The molecule has 2 rings (SSSR count). The second kappa shape index (κ2) is 5.44. The van der Waals surface area contributed by atoms with Crippen molar-refractivity contribution in [3.05, 3.63) is 29.6 Å². The third-order valence-electron chi connectivity index (χ3n) is 3.40. The number of thiocarbonyl (C=S) groups is 1. The van der Waals surface area contributed by atoms with Gasteiger partial charge in [0.25, 0.3) is 5.91 Å². The summed E-state index contributed by atoms with van der Waals surface area (Å²) < 4.78 is 0. The van der Waals surface area contributed by atoms with Gasteiger partial charge in [-0.25, -0.2) is 0 Å². The lowest BCUT2D eigenvalue weighted by atomic mass is 9.96. The van der Waals surface area contributed by atoms with Gasteiger partial charge in [0.2, 0.25) is 0 Å². The number of nitrogens with zero attached hydrogens (tertiary/aromatic N) is 2. The Morgan fingerprint density at radius 2 is 2.17 bits per heavy atom. The number of hydrogen-bond donors (Lipinski definition) is 1. The average Bonchev–Trinajstić information content (AvgIpc) is 2.38. The molecule has 2 N–H and O–H groups in total. The highest BCUT2D eigenvalue weighted by molar-refractivity contribution is 7.80. The van der Waals surface area contributed by atoms with Crippen LogP contribution in [0.25, 0.3) is 0 Å². The summed E-state index contributed by atoms with van der Waals surface area (Å²) in [4.78, 5) is 18.9. The van der Waals surface area contributed by atoms with Crippen molar-refractivity contribution in [1.29, 1.82) is 0 Å². The molecule has 96 valence electrons. The van der Waals surface area contributed by atoms with Gasteiger partial charge < -0.3 is 10.6 Å². The highest BCUT2D eigenvalue weighted by atomic mass is 32.1. The van der Waals surface area contributed by atoms with Crippen LogP contribution >= 0.6 is 12.2 Å². The normalized spacial score (nSPS) is 16.6. The first kappa shape index (κ1) is 13.0. The Labute approximate surface area is 112 Å². The van der Waals surface area contributed by atoms with Crippen molar-refractivity contribution in [3.63, 3.8) is 0 Å². The number of rotatable bonds is 2. The molecule has 1 aliphatic rings.